The normalized spacial score (nSPS) is 20.5. The van der Waals surface area contributed by atoms with E-state index in [-0.39, 0.29) is 22.0 Å². The van der Waals surface area contributed by atoms with Crippen LogP contribution in [0.25, 0.3) is 17.2 Å². The summed E-state index contributed by atoms with van der Waals surface area (Å²) in [7, 11) is 1.66. The molecule has 0 spiro atoms. The molecule has 0 unspecified atom stereocenters. The second kappa shape index (κ2) is 7.56. The summed E-state index contributed by atoms with van der Waals surface area (Å²) in [5.74, 6) is 0.397. The van der Waals surface area contributed by atoms with E-state index in [9.17, 15) is 9.59 Å². The van der Waals surface area contributed by atoms with Gasteiger partial charge in [0.2, 0.25) is 0 Å². The van der Waals surface area contributed by atoms with Gasteiger partial charge in [0.25, 0.3) is 11.1 Å². The van der Waals surface area contributed by atoms with Crippen molar-refractivity contribution >= 4 is 29.0 Å². The Hall–Kier alpha value is -2.53. The standard InChI is InChI=1S/C26H29NO3S/c1-15-12-18-19(26(4,5)11-10-25(18,2)3)14-17(15)22-16(8-7-9-20(22)30-6)13-21-23(28)27-24(29)31-21/h7-9,12-14H,10-11H2,1-6H3,(H,27,28,29)/b21-13-. The Morgan fingerprint density at radius 3 is 2.26 bits per heavy atom. The van der Waals surface area contributed by atoms with Crippen LogP contribution >= 0.6 is 11.8 Å². The summed E-state index contributed by atoms with van der Waals surface area (Å²) in [4.78, 5) is 24.2. The fourth-order valence-corrected chi connectivity index (χ4v) is 5.35. The van der Waals surface area contributed by atoms with E-state index >= 15 is 0 Å². The maximum atomic E-state index is 12.2. The third-order valence-corrected chi connectivity index (χ3v) is 7.48. The van der Waals surface area contributed by atoms with Crippen LogP contribution in [0.5, 0.6) is 5.75 Å². The van der Waals surface area contributed by atoms with E-state index in [0.29, 0.717) is 4.91 Å². The molecule has 4 nitrogen and oxygen atoms in total. The predicted molar refractivity (Wildman–Crippen MR) is 128 cm³/mol. The summed E-state index contributed by atoms with van der Waals surface area (Å²) in [6.45, 7) is 11.4. The molecule has 5 heteroatoms. The Kier molecular flexibility index (Phi) is 5.29. The van der Waals surface area contributed by atoms with Crippen molar-refractivity contribution in [3.63, 3.8) is 0 Å². The first-order valence-corrected chi connectivity index (χ1v) is 11.4. The third-order valence-electron chi connectivity index (χ3n) is 6.67. The highest BCUT2D eigenvalue weighted by molar-refractivity contribution is 8.18. The number of amides is 2. The highest BCUT2D eigenvalue weighted by Gasteiger charge is 2.37. The van der Waals surface area contributed by atoms with Gasteiger partial charge in [0.05, 0.1) is 12.0 Å². The number of rotatable bonds is 3. The molecule has 0 saturated carbocycles. The molecule has 2 aromatic carbocycles. The van der Waals surface area contributed by atoms with Gasteiger partial charge in [0, 0.05) is 5.56 Å². The summed E-state index contributed by atoms with van der Waals surface area (Å²) in [6, 6.07) is 10.5. The number of carbonyl (C=O) groups is 2. The zero-order valence-corrected chi connectivity index (χ0v) is 19.8. The van der Waals surface area contributed by atoms with Crippen molar-refractivity contribution in [3.05, 3.63) is 57.5 Å². The third kappa shape index (κ3) is 3.80. The van der Waals surface area contributed by atoms with Crippen LogP contribution in [0.4, 0.5) is 4.79 Å². The van der Waals surface area contributed by atoms with Crippen molar-refractivity contribution < 1.29 is 14.3 Å². The second-order valence-electron chi connectivity index (χ2n) is 9.76. The molecule has 1 N–H and O–H groups in total. The summed E-state index contributed by atoms with van der Waals surface area (Å²) >= 11 is 0.933. The van der Waals surface area contributed by atoms with Gasteiger partial charge in [0.15, 0.2) is 0 Å². The van der Waals surface area contributed by atoms with Gasteiger partial charge in [-0.3, -0.25) is 14.9 Å². The first-order valence-electron chi connectivity index (χ1n) is 10.6. The SMILES string of the molecule is COc1cccc(/C=C2\SC(=O)NC2=O)c1-c1cc2c(cc1C)C(C)(C)CCC2(C)C. The smallest absolute Gasteiger partial charge is 0.290 e. The van der Waals surface area contributed by atoms with E-state index in [1.165, 1.54) is 16.7 Å². The predicted octanol–water partition coefficient (Wildman–Crippen LogP) is 6.34. The zero-order chi connectivity index (χ0) is 22.6. The number of nitrogens with one attached hydrogen (secondary N) is 1. The molecule has 4 rings (SSSR count). The lowest BCUT2D eigenvalue weighted by atomic mass is 9.62. The Bertz CT molecular complexity index is 1130. The fraction of sp³-hybridized carbons (Fsp3) is 0.385. The molecule has 1 saturated heterocycles. The van der Waals surface area contributed by atoms with E-state index < -0.39 is 0 Å². The topological polar surface area (TPSA) is 55.4 Å². The minimum Gasteiger partial charge on any atom is -0.496 e. The van der Waals surface area contributed by atoms with Crippen molar-refractivity contribution in [3.8, 4) is 16.9 Å². The molecule has 1 aliphatic carbocycles. The van der Waals surface area contributed by atoms with Crippen LogP contribution in [-0.2, 0) is 15.6 Å². The van der Waals surface area contributed by atoms with Crippen LogP contribution in [-0.4, -0.2) is 18.3 Å². The van der Waals surface area contributed by atoms with Gasteiger partial charge >= 0.3 is 0 Å². The van der Waals surface area contributed by atoms with Gasteiger partial charge < -0.3 is 4.74 Å². The molecule has 0 bridgehead atoms. The number of hydrogen-bond donors (Lipinski definition) is 1. The number of ether oxygens (including phenoxy) is 1. The molecule has 162 valence electrons. The van der Waals surface area contributed by atoms with Crippen molar-refractivity contribution in [2.24, 2.45) is 0 Å². The molecule has 1 fully saturated rings. The number of thioether (sulfide) groups is 1. The summed E-state index contributed by atoms with van der Waals surface area (Å²) in [5, 5.41) is 1.99. The van der Waals surface area contributed by atoms with E-state index in [1.54, 1.807) is 13.2 Å². The molecular formula is C26H29NO3S. The van der Waals surface area contributed by atoms with Gasteiger partial charge in [-0.15, -0.1) is 0 Å². The Labute approximate surface area is 188 Å². The van der Waals surface area contributed by atoms with Gasteiger partial charge in [-0.25, -0.2) is 0 Å². The zero-order valence-electron chi connectivity index (χ0n) is 19.0. The lowest BCUT2D eigenvalue weighted by molar-refractivity contribution is -0.115. The average molecular weight is 436 g/mol. The number of benzene rings is 2. The highest BCUT2D eigenvalue weighted by Crippen LogP contribution is 2.49. The Balaban J connectivity index is 1.96. The lowest BCUT2D eigenvalue weighted by Gasteiger charge is -2.42. The molecule has 1 heterocycles. The molecule has 1 aliphatic heterocycles. The fourth-order valence-electron chi connectivity index (χ4n) is 4.68. The van der Waals surface area contributed by atoms with Crippen LogP contribution in [0.1, 0.15) is 62.8 Å². The van der Waals surface area contributed by atoms with Crippen molar-refractivity contribution in [2.75, 3.05) is 7.11 Å². The molecule has 2 amide bonds. The number of carbonyl (C=O) groups excluding carboxylic acids is 2. The summed E-state index contributed by atoms with van der Waals surface area (Å²) < 4.78 is 5.74. The number of fused-ring (bicyclic) bond motifs is 1. The molecular weight excluding hydrogens is 406 g/mol. The average Bonchev–Trinajstić information content (AvgIpc) is 3.02. The van der Waals surface area contributed by atoms with Crippen LogP contribution in [0, 0.1) is 6.92 Å². The highest BCUT2D eigenvalue weighted by atomic mass is 32.2. The van der Waals surface area contributed by atoms with Crippen molar-refractivity contribution in [2.45, 2.75) is 58.3 Å². The molecule has 0 aromatic heterocycles. The number of methoxy groups -OCH3 is 1. The minimum absolute atomic E-state index is 0.0849. The first-order chi connectivity index (χ1) is 14.5. The maximum absolute atomic E-state index is 12.2. The van der Waals surface area contributed by atoms with Gasteiger partial charge in [-0.2, -0.15) is 0 Å². The van der Waals surface area contributed by atoms with Crippen LogP contribution in [0.2, 0.25) is 0 Å². The number of imide groups is 1. The Morgan fingerprint density at radius 2 is 1.68 bits per heavy atom. The van der Waals surface area contributed by atoms with E-state index in [4.69, 9.17) is 4.74 Å². The number of aryl methyl sites for hydroxylation is 1. The van der Waals surface area contributed by atoms with Crippen molar-refractivity contribution in [1.82, 2.24) is 5.32 Å². The van der Waals surface area contributed by atoms with Crippen LogP contribution in [0.15, 0.2) is 35.2 Å². The van der Waals surface area contributed by atoms with Crippen molar-refractivity contribution in [1.29, 1.82) is 0 Å². The largest absolute Gasteiger partial charge is 0.496 e. The van der Waals surface area contributed by atoms with Crippen LogP contribution < -0.4 is 10.1 Å². The monoisotopic (exact) mass is 435 g/mol. The van der Waals surface area contributed by atoms with Crippen LogP contribution in [0.3, 0.4) is 0 Å². The molecule has 2 aromatic rings. The Morgan fingerprint density at radius 1 is 1.03 bits per heavy atom. The van der Waals surface area contributed by atoms with E-state index in [0.717, 1.165) is 47.0 Å². The van der Waals surface area contributed by atoms with Gasteiger partial charge in [0.1, 0.15) is 5.75 Å². The van der Waals surface area contributed by atoms with Gasteiger partial charge in [-0.05, 0) is 88.4 Å². The molecule has 31 heavy (non-hydrogen) atoms. The summed E-state index contributed by atoms with van der Waals surface area (Å²) in [5.41, 5.74) is 7.09. The lowest BCUT2D eigenvalue weighted by Crippen LogP contribution is -2.34. The molecule has 2 aliphatic rings. The van der Waals surface area contributed by atoms with E-state index in [1.807, 2.05) is 18.2 Å². The quantitative estimate of drug-likeness (QED) is 0.571. The van der Waals surface area contributed by atoms with Gasteiger partial charge in [-0.1, -0.05) is 45.9 Å². The first kappa shape index (κ1) is 21.7. The van der Waals surface area contributed by atoms with E-state index in [2.05, 4.69) is 52.1 Å². The number of hydrogen-bond acceptors (Lipinski definition) is 4. The molecule has 0 atom stereocenters. The minimum atomic E-state index is -0.353. The second-order valence-corrected chi connectivity index (χ2v) is 10.8. The molecule has 0 radical (unpaired) electrons. The maximum Gasteiger partial charge on any atom is 0.290 e. The summed E-state index contributed by atoms with van der Waals surface area (Å²) in [6.07, 6.45) is 4.09.